The number of halogens is 2. The molecular weight excluding hydrogens is 344 g/mol. The Labute approximate surface area is 135 Å². The summed E-state index contributed by atoms with van der Waals surface area (Å²) in [6.45, 7) is 2.60. The number of carbonyl (C=O) groups is 1. The van der Waals surface area contributed by atoms with E-state index in [2.05, 4.69) is 28.2 Å². The number of amides is 1. The Hall–Kier alpha value is -0.780. The van der Waals surface area contributed by atoms with Crippen LogP contribution in [0.15, 0.2) is 28.7 Å². The highest BCUT2D eigenvalue weighted by molar-refractivity contribution is 9.10. The first-order valence-electron chi connectivity index (χ1n) is 6.53. The maximum atomic E-state index is 11.7. The second-order valence-corrected chi connectivity index (χ2v) is 5.30. The van der Waals surface area contributed by atoms with Gasteiger partial charge in [-0.15, -0.1) is 12.4 Å². The smallest absolute Gasteiger partial charge is 0.258 e. The van der Waals surface area contributed by atoms with E-state index in [9.17, 15) is 4.79 Å². The van der Waals surface area contributed by atoms with E-state index in [4.69, 9.17) is 10.5 Å². The fourth-order valence-corrected chi connectivity index (χ4v) is 1.91. The molecule has 0 bridgehead atoms. The summed E-state index contributed by atoms with van der Waals surface area (Å²) >= 11 is 3.34. The zero-order valence-electron chi connectivity index (χ0n) is 11.6. The lowest BCUT2D eigenvalue weighted by Gasteiger charge is -2.16. The third kappa shape index (κ3) is 7.72. The minimum absolute atomic E-state index is 0. The Kier molecular flexibility index (Phi) is 10.5. The van der Waals surface area contributed by atoms with E-state index in [1.54, 1.807) is 0 Å². The molecule has 0 saturated heterocycles. The van der Waals surface area contributed by atoms with E-state index in [1.165, 1.54) is 0 Å². The molecule has 4 nitrogen and oxygen atoms in total. The molecule has 0 spiro atoms. The minimum Gasteiger partial charge on any atom is -0.484 e. The van der Waals surface area contributed by atoms with Gasteiger partial charge >= 0.3 is 0 Å². The highest BCUT2D eigenvalue weighted by Crippen LogP contribution is 2.15. The van der Waals surface area contributed by atoms with Gasteiger partial charge in [0.2, 0.25) is 0 Å². The Balaban J connectivity index is 0.00000361. The van der Waals surface area contributed by atoms with E-state index in [0.29, 0.717) is 12.3 Å². The Morgan fingerprint density at radius 2 is 2.05 bits per heavy atom. The van der Waals surface area contributed by atoms with Crippen LogP contribution in [0.1, 0.15) is 26.2 Å². The van der Waals surface area contributed by atoms with E-state index in [1.807, 2.05) is 24.3 Å². The summed E-state index contributed by atoms with van der Waals surface area (Å²) in [5.74, 6) is 0.547. The SMILES string of the molecule is CCCCC(CN)NC(=O)COc1ccc(Br)cc1.Cl. The van der Waals surface area contributed by atoms with Crippen molar-refractivity contribution in [3.05, 3.63) is 28.7 Å². The molecule has 0 aliphatic rings. The maximum Gasteiger partial charge on any atom is 0.258 e. The molecule has 114 valence electrons. The molecule has 0 radical (unpaired) electrons. The summed E-state index contributed by atoms with van der Waals surface area (Å²) < 4.78 is 6.38. The number of nitrogens with one attached hydrogen (secondary N) is 1. The second-order valence-electron chi connectivity index (χ2n) is 4.38. The van der Waals surface area contributed by atoms with Crippen LogP contribution >= 0.6 is 28.3 Å². The summed E-state index contributed by atoms with van der Waals surface area (Å²) in [6.07, 6.45) is 3.08. The number of benzene rings is 1. The molecule has 20 heavy (non-hydrogen) atoms. The van der Waals surface area contributed by atoms with Crippen LogP contribution in [0.4, 0.5) is 0 Å². The van der Waals surface area contributed by atoms with Crippen LogP contribution in [0.2, 0.25) is 0 Å². The predicted octanol–water partition coefficient (Wildman–Crippen LogP) is 2.88. The van der Waals surface area contributed by atoms with Gasteiger partial charge in [-0.2, -0.15) is 0 Å². The molecular formula is C14H22BrClN2O2. The molecule has 1 amide bonds. The molecule has 1 rings (SSSR count). The van der Waals surface area contributed by atoms with Crippen molar-refractivity contribution in [2.45, 2.75) is 32.2 Å². The standard InChI is InChI=1S/C14H21BrN2O2.ClH/c1-2-3-4-12(9-16)17-14(18)10-19-13-7-5-11(15)6-8-13;/h5-8,12H,2-4,9-10,16H2,1H3,(H,17,18);1H. The van der Waals surface area contributed by atoms with Crippen molar-refractivity contribution < 1.29 is 9.53 Å². The summed E-state index contributed by atoms with van der Waals surface area (Å²) in [6, 6.07) is 7.42. The Morgan fingerprint density at radius 1 is 1.40 bits per heavy atom. The number of rotatable bonds is 8. The van der Waals surface area contributed by atoms with Crippen LogP contribution in [0.5, 0.6) is 5.75 Å². The number of nitrogens with two attached hydrogens (primary N) is 1. The van der Waals surface area contributed by atoms with Crippen molar-refractivity contribution in [1.29, 1.82) is 0 Å². The molecule has 3 N–H and O–H groups in total. The fraction of sp³-hybridized carbons (Fsp3) is 0.500. The predicted molar refractivity (Wildman–Crippen MR) is 87.4 cm³/mol. The zero-order valence-corrected chi connectivity index (χ0v) is 14.0. The molecule has 1 aromatic rings. The average molecular weight is 366 g/mol. The molecule has 1 atom stereocenters. The molecule has 0 aliphatic carbocycles. The van der Waals surface area contributed by atoms with Crippen molar-refractivity contribution >= 4 is 34.2 Å². The summed E-state index contributed by atoms with van der Waals surface area (Å²) in [5, 5.41) is 2.88. The van der Waals surface area contributed by atoms with Crippen LogP contribution in [0.3, 0.4) is 0 Å². The van der Waals surface area contributed by atoms with Gasteiger partial charge in [0.1, 0.15) is 5.75 Å². The van der Waals surface area contributed by atoms with E-state index in [0.717, 1.165) is 23.7 Å². The first-order valence-corrected chi connectivity index (χ1v) is 7.32. The van der Waals surface area contributed by atoms with Crippen LogP contribution in [0.25, 0.3) is 0 Å². The maximum absolute atomic E-state index is 11.7. The summed E-state index contributed by atoms with van der Waals surface area (Å²) in [4.78, 5) is 11.7. The number of unbranched alkanes of at least 4 members (excludes halogenated alkanes) is 1. The van der Waals surface area contributed by atoms with Gasteiger partial charge in [-0.1, -0.05) is 35.7 Å². The monoisotopic (exact) mass is 364 g/mol. The lowest BCUT2D eigenvalue weighted by Crippen LogP contribution is -2.42. The quantitative estimate of drug-likeness (QED) is 0.744. The molecule has 1 aromatic carbocycles. The number of hydrogen-bond acceptors (Lipinski definition) is 3. The topological polar surface area (TPSA) is 64.3 Å². The lowest BCUT2D eigenvalue weighted by atomic mass is 10.1. The van der Waals surface area contributed by atoms with Crippen molar-refractivity contribution in [1.82, 2.24) is 5.32 Å². The third-order valence-electron chi connectivity index (χ3n) is 2.74. The van der Waals surface area contributed by atoms with Gasteiger partial charge in [0.25, 0.3) is 5.91 Å². The average Bonchev–Trinajstić information content (AvgIpc) is 2.42. The number of ether oxygens (including phenoxy) is 1. The lowest BCUT2D eigenvalue weighted by molar-refractivity contribution is -0.123. The van der Waals surface area contributed by atoms with E-state index >= 15 is 0 Å². The molecule has 1 unspecified atom stereocenters. The molecule has 0 heterocycles. The molecule has 0 aliphatic heterocycles. The van der Waals surface area contributed by atoms with Gasteiger partial charge in [-0.25, -0.2) is 0 Å². The minimum atomic E-state index is -0.130. The largest absolute Gasteiger partial charge is 0.484 e. The van der Waals surface area contributed by atoms with Crippen LogP contribution in [0, 0.1) is 0 Å². The van der Waals surface area contributed by atoms with Crippen molar-refractivity contribution in [2.24, 2.45) is 5.73 Å². The first-order chi connectivity index (χ1) is 9.15. The van der Waals surface area contributed by atoms with E-state index < -0.39 is 0 Å². The van der Waals surface area contributed by atoms with E-state index in [-0.39, 0.29) is 31.0 Å². The number of carbonyl (C=O) groups excluding carboxylic acids is 1. The highest BCUT2D eigenvalue weighted by atomic mass is 79.9. The van der Waals surface area contributed by atoms with Gasteiger partial charge in [0, 0.05) is 17.1 Å². The molecule has 0 aromatic heterocycles. The Bertz CT molecular complexity index is 387. The van der Waals surface area contributed by atoms with Gasteiger partial charge in [-0.3, -0.25) is 4.79 Å². The normalized spacial score (nSPS) is 11.3. The molecule has 0 fully saturated rings. The summed E-state index contributed by atoms with van der Waals surface area (Å²) in [7, 11) is 0. The second kappa shape index (κ2) is 10.9. The number of hydrogen-bond donors (Lipinski definition) is 2. The molecule has 6 heteroatoms. The van der Waals surface area contributed by atoms with Crippen molar-refractivity contribution in [2.75, 3.05) is 13.2 Å². The Morgan fingerprint density at radius 3 is 2.60 bits per heavy atom. The van der Waals surface area contributed by atoms with Crippen LogP contribution in [-0.2, 0) is 4.79 Å². The fourth-order valence-electron chi connectivity index (χ4n) is 1.65. The van der Waals surface area contributed by atoms with Crippen LogP contribution in [-0.4, -0.2) is 25.1 Å². The third-order valence-corrected chi connectivity index (χ3v) is 3.27. The van der Waals surface area contributed by atoms with Crippen LogP contribution < -0.4 is 15.8 Å². The van der Waals surface area contributed by atoms with Gasteiger partial charge in [-0.05, 0) is 30.7 Å². The van der Waals surface area contributed by atoms with Crippen molar-refractivity contribution in [3.63, 3.8) is 0 Å². The zero-order chi connectivity index (χ0) is 14.1. The highest BCUT2D eigenvalue weighted by Gasteiger charge is 2.10. The van der Waals surface area contributed by atoms with Gasteiger partial charge in [0.05, 0.1) is 0 Å². The van der Waals surface area contributed by atoms with Crippen molar-refractivity contribution in [3.8, 4) is 5.75 Å². The summed E-state index contributed by atoms with van der Waals surface area (Å²) in [5.41, 5.74) is 5.63. The first kappa shape index (κ1) is 19.2. The van der Waals surface area contributed by atoms with Gasteiger partial charge < -0.3 is 15.8 Å². The van der Waals surface area contributed by atoms with Gasteiger partial charge in [0.15, 0.2) is 6.61 Å². The molecule has 0 saturated carbocycles.